The van der Waals surface area contributed by atoms with Crippen LogP contribution in [0.3, 0.4) is 0 Å². The Morgan fingerprint density at radius 2 is 1.66 bits per heavy atom. The van der Waals surface area contributed by atoms with E-state index in [0.29, 0.717) is 36.3 Å². The summed E-state index contributed by atoms with van der Waals surface area (Å²) in [6.07, 6.45) is 5.96. The van der Waals surface area contributed by atoms with Crippen LogP contribution in [0.15, 0.2) is 76.9 Å². The first-order valence-electron chi connectivity index (χ1n) is 11.0. The molecule has 2 aromatic carbocycles. The Hall–Kier alpha value is -3.19. The number of benzene rings is 2. The average molecular weight is 446 g/mol. The fourth-order valence-corrected chi connectivity index (χ4v) is 6.59. The van der Waals surface area contributed by atoms with Crippen molar-refractivity contribution in [3.63, 3.8) is 0 Å². The lowest BCUT2D eigenvalue weighted by atomic mass is 9.59. The summed E-state index contributed by atoms with van der Waals surface area (Å²) in [7, 11) is -3.40. The fourth-order valence-electron chi connectivity index (χ4n) is 5.62. The number of amides is 1. The van der Waals surface area contributed by atoms with E-state index in [-0.39, 0.29) is 17.6 Å². The Morgan fingerprint density at radius 3 is 2.34 bits per heavy atom. The minimum atomic E-state index is -3.40. The largest absolute Gasteiger partial charge is 0.352 e. The zero-order valence-electron chi connectivity index (χ0n) is 17.4. The SMILES string of the molecule is O=C(NCC1CC2c3ccccc3C1c1ccccc12)C1=CN2CCS(=O)(=O)N=C2C=C1. The number of nitrogens with one attached hydrogen (secondary N) is 1. The normalized spacial score (nSPS) is 26.4. The maximum atomic E-state index is 12.9. The maximum Gasteiger partial charge on any atom is 0.256 e. The van der Waals surface area contributed by atoms with E-state index < -0.39 is 10.0 Å². The zero-order chi connectivity index (χ0) is 21.9. The van der Waals surface area contributed by atoms with Crippen molar-refractivity contribution >= 4 is 21.8 Å². The van der Waals surface area contributed by atoms with Gasteiger partial charge >= 0.3 is 0 Å². The summed E-state index contributed by atoms with van der Waals surface area (Å²) in [6.45, 7) is 0.908. The third-order valence-corrected chi connectivity index (χ3v) is 8.20. The first-order chi connectivity index (χ1) is 15.5. The Morgan fingerprint density at radius 1 is 1.00 bits per heavy atom. The summed E-state index contributed by atoms with van der Waals surface area (Å²) in [5, 5.41) is 3.14. The van der Waals surface area contributed by atoms with Gasteiger partial charge in [0.25, 0.3) is 15.9 Å². The molecule has 1 N–H and O–H groups in total. The lowest BCUT2D eigenvalue weighted by Gasteiger charge is -2.45. The van der Waals surface area contributed by atoms with Crippen LogP contribution < -0.4 is 5.32 Å². The number of nitrogens with zero attached hydrogens (tertiary/aromatic N) is 2. The molecule has 0 spiro atoms. The molecule has 32 heavy (non-hydrogen) atoms. The molecule has 2 aliphatic heterocycles. The topological polar surface area (TPSA) is 78.8 Å². The monoisotopic (exact) mass is 445 g/mol. The molecule has 0 aromatic heterocycles. The summed E-state index contributed by atoms with van der Waals surface area (Å²) >= 11 is 0. The van der Waals surface area contributed by atoms with Gasteiger partial charge in [0.15, 0.2) is 0 Å². The summed E-state index contributed by atoms with van der Waals surface area (Å²) in [4.78, 5) is 14.7. The van der Waals surface area contributed by atoms with E-state index in [9.17, 15) is 13.2 Å². The number of rotatable bonds is 3. The highest BCUT2D eigenvalue weighted by Gasteiger charge is 2.43. The third kappa shape index (κ3) is 3.11. The number of hydrogen-bond donors (Lipinski definition) is 1. The Balaban J connectivity index is 1.22. The molecule has 2 bridgehead atoms. The predicted molar refractivity (Wildman–Crippen MR) is 123 cm³/mol. The highest BCUT2D eigenvalue weighted by molar-refractivity contribution is 7.90. The van der Waals surface area contributed by atoms with Crippen molar-refractivity contribution in [2.45, 2.75) is 18.3 Å². The van der Waals surface area contributed by atoms with E-state index in [1.54, 1.807) is 23.3 Å². The van der Waals surface area contributed by atoms with Gasteiger partial charge in [0.1, 0.15) is 5.84 Å². The molecule has 1 atom stereocenters. The molecule has 2 heterocycles. The van der Waals surface area contributed by atoms with Crippen LogP contribution in [-0.2, 0) is 14.8 Å². The second-order valence-electron chi connectivity index (χ2n) is 8.84. The highest BCUT2D eigenvalue weighted by Crippen LogP contribution is 2.55. The molecular formula is C25H23N3O3S. The molecule has 3 aliphatic carbocycles. The molecule has 1 amide bonds. The van der Waals surface area contributed by atoms with E-state index >= 15 is 0 Å². The summed E-state index contributed by atoms with van der Waals surface area (Å²) in [5.41, 5.74) is 6.12. The molecule has 1 unspecified atom stereocenters. The number of hydrogen-bond acceptors (Lipinski definition) is 4. The number of sulfonamides is 1. The minimum absolute atomic E-state index is 0.0420. The molecule has 0 fully saturated rings. The van der Waals surface area contributed by atoms with Crippen molar-refractivity contribution in [3.8, 4) is 0 Å². The number of carbonyl (C=O) groups excluding carboxylic acids is 1. The highest BCUT2D eigenvalue weighted by atomic mass is 32.2. The van der Waals surface area contributed by atoms with Gasteiger partial charge in [-0.05, 0) is 46.7 Å². The van der Waals surface area contributed by atoms with Crippen molar-refractivity contribution in [2.75, 3.05) is 18.8 Å². The summed E-state index contributed by atoms with van der Waals surface area (Å²) in [5.74, 6) is 1.17. The van der Waals surface area contributed by atoms with Gasteiger partial charge < -0.3 is 10.2 Å². The van der Waals surface area contributed by atoms with Crippen LogP contribution in [0, 0.1) is 5.92 Å². The van der Waals surface area contributed by atoms with Crippen LogP contribution in [0.25, 0.3) is 0 Å². The Labute approximate surface area is 187 Å². The molecule has 0 saturated carbocycles. The van der Waals surface area contributed by atoms with Gasteiger partial charge in [-0.15, -0.1) is 4.40 Å². The second-order valence-corrected chi connectivity index (χ2v) is 10.6. The number of fused-ring (bicyclic) bond motifs is 2. The summed E-state index contributed by atoms with van der Waals surface area (Å²) < 4.78 is 27.1. The zero-order valence-corrected chi connectivity index (χ0v) is 18.3. The lowest BCUT2D eigenvalue weighted by molar-refractivity contribution is -0.117. The van der Waals surface area contributed by atoms with Gasteiger partial charge in [0.05, 0.1) is 11.3 Å². The van der Waals surface area contributed by atoms with Crippen molar-refractivity contribution in [1.29, 1.82) is 0 Å². The molecule has 0 radical (unpaired) electrons. The Bertz CT molecular complexity index is 1280. The van der Waals surface area contributed by atoms with Crippen LogP contribution in [0.4, 0.5) is 0 Å². The van der Waals surface area contributed by atoms with E-state index in [1.807, 2.05) is 0 Å². The summed E-state index contributed by atoms with van der Waals surface area (Å²) in [6, 6.07) is 17.4. The molecule has 6 nitrogen and oxygen atoms in total. The first kappa shape index (κ1) is 19.5. The van der Waals surface area contributed by atoms with Crippen molar-refractivity contribution < 1.29 is 13.2 Å². The van der Waals surface area contributed by atoms with Gasteiger partial charge in [-0.2, -0.15) is 0 Å². The van der Waals surface area contributed by atoms with Crippen LogP contribution in [-0.4, -0.2) is 43.9 Å². The third-order valence-electron chi connectivity index (χ3n) is 7.03. The fraction of sp³-hybridized carbons (Fsp3) is 0.280. The van der Waals surface area contributed by atoms with Gasteiger partial charge in [-0.1, -0.05) is 48.5 Å². The predicted octanol–water partition coefficient (Wildman–Crippen LogP) is 2.90. The van der Waals surface area contributed by atoms with Gasteiger partial charge in [0.2, 0.25) is 0 Å². The van der Waals surface area contributed by atoms with E-state index in [1.165, 1.54) is 22.3 Å². The number of amidine groups is 1. The van der Waals surface area contributed by atoms with Crippen LogP contribution >= 0.6 is 0 Å². The maximum absolute atomic E-state index is 12.9. The number of carbonyl (C=O) groups is 1. The molecule has 2 aromatic rings. The molecule has 0 saturated heterocycles. The standard InChI is InChI=1S/C25H23N3O3S/c29-25(16-9-10-23-27-32(30,31)12-11-28(23)15-16)26-14-17-13-22-18-5-1-3-7-20(18)24(17)21-8-4-2-6-19(21)22/h1-10,15,17,22,24H,11-14H2,(H,26,29). The lowest BCUT2D eigenvalue weighted by Crippen LogP contribution is -2.41. The molecule has 162 valence electrons. The van der Waals surface area contributed by atoms with Crippen LogP contribution in [0.2, 0.25) is 0 Å². The van der Waals surface area contributed by atoms with Gasteiger partial charge in [0, 0.05) is 31.1 Å². The minimum Gasteiger partial charge on any atom is -0.352 e. The quantitative estimate of drug-likeness (QED) is 0.788. The van der Waals surface area contributed by atoms with E-state index in [2.05, 4.69) is 58.2 Å². The van der Waals surface area contributed by atoms with Crippen LogP contribution in [0.5, 0.6) is 0 Å². The molecule has 7 rings (SSSR count). The first-order valence-corrected chi connectivity index (χ1v) is 12.6. The van der Waals surface area contributed by atoms with Gasteiger partial charge in [-0.25, -0.2) is 8.42 Å². The molecular weight excluding hydrogens is 422 g/mol. The smallest absolute Gasteiger partial charge is 0.256 e. The van der Waals surface area contributed by atoms with Gasteiger partial charge in [-0.3, -0.25) is 4.79 Å². The Kier molecular flexibility index (Phi) is 4.37. The van der Waals surface area contributed by atoms with Crippen LogP contribution in [0.1, 0.15) is 40.5 Å². The van der Waals surface area contributed by atoms with Crippen molar-refractivity contribution in [2.24, 2.45) is 10.3 Å². The van der Waals surface area contributed by atoms with E-state index in [4.69, 9.17) is 0 Å². The second kappa shape index (κ2) is 7.17. The van der Waals surface area contributed by atoms with Crippen molar-refractivity contribution in [3.05, 3.63) is 94.7 Å². The molecule has 7 heteroatoms. The average Bonchev–Trinajstić information content (AvgIpc) is 2.82. The van der Waals surface area contributed by atoms with E-state index in [0.717, 1.165) is 6.42 Å². The molecule has 5 aliphatic rings. The van der Waals surface area contributed by atoms with Crippen molar-refractivity contribution in [1.82, 2.24) is 10.2 Å².